The van der Waals surface area contributed by atoms with Crippen molar-refractivity contribution < 1.29 is 14.5 Å². The van der Waals surface area contributed by atoms with Gasteiger partial charge in [0.1, 0.15) is 5.02 Å². The first-order valence-electron chi connectivity index (χ1n) is 5.25. The maximum Gasteiger partial charge on any atom is 0.333 e. The number of nitro groups is 1. The molecule has 0 saturated carbocycles. The predicted octanol–water partition coefficient (Wildman–Crippen LogP) is 3.21. The molecule has 1 aromatic carbocycles. The highest BCUT2D eigenvalue weighted by atomic mass is 35.5. The van der Waals surface area contributed by atoms with Crippen LogP contribution in [0.2, 0.25) is 5.02 Å². The van der Waals surface area contributed by atoms with Crippen LogP contribution in [0.4, 0.5) is 5.69 Å². The zero-order valence-corrected chi connectivity index (χ0v) is 10.7. The fraction of sp³-hybridized carbons (Fsp3) is 0.250. The molecule has 0 radical (unpaired) electrons. The Kier molecular flexibility index (Phi) is 4.85. The molecule has 1 rings (SSSR count). The second kappa shape index (κ2) is 6.16. The van der Waals surface area contributed by atoms with Crippen LogP contribution < -0.4 is 0 Å². The van der Waals surface area contributed by atoms with Gasteiger partial charge in [-0.05, 0) is 31.6 Å². The predicted molar refractivity (Wildman–Crippen MR) is 68.4 cm³/mol. The molecule has 0 aromatic heterocycles. The minimum Gasteiger partial charge on any atom is -0.463 e. The summed E-state index contributed by atoms with van der Waals surface area (Å²) in [6, 6.07) is 4.33. The first-order chi connectivity index (χ1) is 8.45. The molecule has 6 heteroatoms. The number of carbonyl (C=O) groups is 1. The summed E-state index contributed by atoms with van der Waals surface area (Å²) in [7, 11) is 0. The van der Waals surface area contributed by atoms with E-state index in [-0.39, 0.29) is 17.3 Å². The molecular weight excluding hydrogens is 258 g/mol. The van der Waals surface area contributed by atoms with Gasteiger partial charge in [0, 0.05) is 11.6 Å². The SMILES string of the molecule is CCOC(=O)C(C)=Cc1ccc(Cl)c([N+](=O)[O-])c1. The van der Waals surface area contributed by atoms with Crippen LogP contribution in [0, 0.1) is 10.1 Å². The molecular formula is C12H12ClNO4. The number of nitro benzene ring substituents is 1. The highest BCUT2D eigenvalue weighted by Gasteiger charge is 2.12. The van der Waals surface area contributed by atoms with Gasteiger partial charge in [0.2, 0.25) is 0 Å². The lowest BCUT2D eigenvalue weighted by molar-refractivity contribution is -0.384. The summed E-state index contributed by atoms with van der Waals surface area (Å²) in [6.07, 6.45) is 1.52. The molecule has 96 valence electrons. The molecule has 18 heavy (non-hydrogen) atoms. The summed E-state index contributed by atoms with van der Waals surface area (Å²) >= 11 is 5.69. The van der Waals surface area contributed by atoms with E-state index < -0.39 is 10.9 Å². The van der Waals surface area contributed by atoms with Crippen molar-refractivity contribution in [2.24, 2.45) is 0 Å². The van der Waals surface area contributed by atoms with Crippen molar-refractivity contribution >= 4 is 29.3 Å². The standard InChI is InChI=1S/C12H12ClNO4/c1-3-18-12(15)8(2)6-9-4-5-10(13)11(7-9)14(16)17/h4-7H,3H2,1-2H3. The first-order valence-corrected chi connectivity index (χ1v) is 5.63. The van der Waals surface area contributed by atoms with E-state index in [0.717, 1.165) is 0 Å². The monoisotopic (exact) mass is 269 g/mol. The van der Waals surface area contributed by atoms with E-state index in [1.54, 1.807) is 19.9 Å². The largest absolute Gasteiger partial charge is 0.463 e. The van der Waals surface area contributed by atoms with E-state index in [1.807, 2.05) is 0 Å². The van der Waals surface area contributed by atoms with Crippen molar-refractivity contribution in [3.8, 4) is 0 Å². The quantitative estimate of drug-likeness (QED) is 0.364. The molecule has 0 atom stereocenters. The molecule has 0 aliphatic heterocycles. The smallest absolute Gasteiger partial charge is 0.333 e. The molecule has 0 fully saturated rings. The summed E-state index contributed by atoms with van der Waals surface area (Å²) in [6.45, 7) is 3.57. The molecule has 0 spiro atoms. The number of nitrogens with zero attached hydrogens (tertiary/aromatic N) is 1. The fourth-order valence-corrected chi connectivity index (χ4v) is 1.50. The van der Waals surface area contributed by atoms with E-state index in [2.05, 4.69) is 0 Å². The third-order valence-corrected chi connectivity index (χ3v) is 2.47. The Balaban J connectivity index is 3.05. The fourth-order valence-electron chi connectivity index (χ4n) is 1.31. The highest BCUT2D eigenvalue weighted by molar-refractivity contribution is 6.32. The van der Waals surface area contributed by atoms with Crippen LogP contribution in [0.25, 0.3) is 6.08 Å². The number of esters is 1. The number of hydrogen-bond acceptors (Lipinski definition) is 4. The van der Waals surface area contributed by atoms with Gasteiger partial charge in [-0.25, -0.2) is 4.79 Å². The zero-order valence-electron chi connectivity index (χ0n) is 9.97. The third kappa shape index (κ3) is 3.56. The number of ether oxygens (including phenoxy) is 1. The Morgan fingerprint density at radius 1 is 1.56 bits per heavy atom. The van der Waals surface area contributed by atoms with Crippen LogP contribution >= 0.6 is 11.6 Å². The summed E-state index contributed by atoms with van der Waals surface area (Å²) in [4.78, 5) is 21.5. The van der Waals surface area contributed by atoms with Crippen LogP contribution in [-0.2, 0) is 9.53 Å². The van der Waals surface area contributed by atoms with Crippen LogP contribution in [0.1, 0.15) is 19.4 Å². The van der Waals surface area contributed by atoms with Crippen LogP contribution in [0.5, 0.6) is 0 Å². The van der Waals surface area contributed by atoms with Crippen LogP contribution in [0.15, 0.2) is 23.8 Å². The second-order valence-corrected chi connectivity index (χ2v) is 3.92. The molecule has 0 amide bonds. The van der Waals surface area contributed by atoms with Gasteiger partial charge in [0.25, 0.3) is 5.69 Å². The second-order valence-electron chi connectivity index (χ2n) is 3.52. The van der Waals surface area contributed by atoms with Crippen LogP contribution in [-0.4, -0.2) is 17.5 Å². The van der Waals surface area contributed by atoms with Crippen LogP contribution in [0.3, 0.4) is 0 Å². The van der Waals surface area contributed by atoms with E-state index in [0.29, 0.717) is 11.1 Å². The van der Waals surface area contributed by atoms with E-state index >= 15 is 0 Å². The lowest BCUT2D eigenvalue weighted by Gasteiger charge is -2.02. The molecule has 0 aliphatic carbocycles. The van der Waals surface area contributed by atoms with Gasteiger partial charge in [-0.3, -0.25) is 10.1 Å². The first kappa shape index (κ1) is 14.2. The molecule has 0 heterocycles. The summed E-state index contributed by atoms with van der Waals surface area (Å²) in [5.74, 6) is -0.449. The normalized spacial score (nSPS) is 11.2. The molecule has 0 aliphatic rings. The number of hydrogen-bond donors (Lipinski definition) is 0. The van der Waals surface area contributed by atoms with E-state index in [1.165, 1.54) is 18.2 Å². The maximum atomic E-state index is 11.4. The van der Waals surface area contributed by atoms with Gasteiger partial charge in [-0.2, -0.15) is 0 Å². The zero-order chi connectivity index (χ0) is 13.7. The van der Waals surface area contributed by atoms with Gasteiger partial charge < -0.3 is 4.74 Å². The number of halogens is 1. The van der Waals surface area contributed by atoms with Crippen molar-refractivity contribution in [1.29, 1.82) is 0 Å². The number of rotatable bonds is 4. The minimum atomic E-state index is -0.570. The lowest BCUT2D eigenvalue weighted by atomic mass is 10.1. The van der Waals surface area contributed by atoms with Gasteiger partial charge in [-0.15, -0.1) is 0 Å². The Hall–Kier alpha value is -1.88. The average Bonchev–Trinajstić information content (AvgIpc) is 2.31. The Morgan fingerprint density at radius 2 is 2.22 bits per heavy atom. The highest BCUT2D eigenvalue weighted by Crippen LogP contribution is 2.26. The van der Waals surface area contributed by atoms with E-state index in [9.17, 15) is 14.9 Å². The van der Waals surface area contributed by atoms with Gasteiger partial charge in [-0.1, -0.05) is 17.7 Å². The molecule has 0 N–H and O–H groups in total. The summed E-state index contributed by atoms with van der Waals surface area (Å²) in [5, 5.41) is 10.8. The van der Waals surface area contributed by atoms with Crippen molar-refractivity contribution in [3.05, 3.63) is 44.5 Å². The van der Waals surface area contributed by atoms with E-state index in [4.69, 9.17) is 16.3 Å². The third-order valence-electron chi connectivity index (χ3n) is 2.15. The molecule has 0 unspecified atom stereocenters. The Morgan fingerprint density at radius 3 is 2.78 bits per heavy atom. The van der Waals surface area contributed by atoms with Crippen molar-refractivity contribution in [3.63, 3.8) is 0 Å². The molecule has 5 nitrogen and oxygen atoms in total. The van der Waals surface area contributed by atoms with Gasteiger partial charge >= 0.3 is 5.97 Å². The molecule has 0 saturated heterocycles. The summed E-state index contributed by atoms with van der Waals surface area (Å²) in [5.41, 5.74) is 0.701. The minimum absolute atomic E-state index is 0.0611. The van der Waals surface area contributed by atoms with Crippen molar-refractivity contribution in [2.75, 3.05) is 6.61 Å². The number of carbonyl (C=O) groups excluding carboxylic acids is 1. The molecule has 0 bridgehead atoms. The Bertz CT molecular complexity index is 511. The summed E-state index contributed by atoms with van der Waals surface area (Å²) < 4.78 is 4.81. The topological polar surface area (TPSA) is 69.4 Å². The van der Waals surface area contributed by atoms with Crippen molar-refractivity contribution in [1.82, 2.24) is 0 Å². The molecule has 1 aromatic rings. The Labute approximate surface area is 109 Å². The van der Waals surface area contributed by atoms with Gasteiger partial charge in [0.05, 0.1) is 11.5 Å². The maximum absolute atomic E-state index is 11.4. The number of benzene rings is 1. The van der Waals surface area contributed by atoms with Crippen molar-refractivity contribution in [2.45, 2.75) is 13.8 Å². The average molecular weight is 270 g/mol. The lowest BCUT2D eigenvalue weighted by Crippen LogP contribution is -2.04. The van der Waals surface area contributed by atoms with Gasteiger partial charge in [0.15, 0.2) is 0 Å².